The molecule has 0 bridgehead atoms. The van der Waals surface area contributed by atoms with Gasteiger partial charge in [0.15, 0.2) is 0 Å². The molecule has 1 aromatic heterocycles. The monoisotopic (exact) mass is 256 g/mol. The Morgan fingerprint density at radius 2 is 1.37 bits per heavy atom. The molecule has 0 spiro atoms. The standard InChI is InChI=1S/C17H24N2/c1-16(2,3)13-9-14(17(4,5)6)11-15(10-13)19-8-7-18-12-19/h7-12H,1-6H3. The van der Waals surface area contributed by atoms with Crippen LogP contribution in [0.2, 0.25) is 0 Å². The van der Waals surface area contributed by atoms with Gasteiger partial charge in [-0.2, -0.15) is 0 Å². The Morgan fingerprint density at radius 1 is 0.842 bits per heavy atom. The second-order valence-corrected chi connectivity index (χ2v) is 7.24. The molecule has 0 N–H and O–H groups in total. The van der Waals surface area contributed by atoms with Crippen molar-refractivity contribution in [2.45, 2.75) is 52.4 Å². The van der Waals surface area contributed by atoms with Crippen LogP contribution in [0.5, 0.6) is 0 Å². The number of rotatable bonds is 1. The largest absolute Gasteiger partial charge is 0.306 e. The van der Waals surface area contributed by atoms with Gasteiger partial charge in [0.25, 0.3) is 0 Å². The Labute approximate surface area is 116 Å². The van der Waals surface area contributed by atoms with Crippen molar-refractivity contribution in [2.75, 3.05) is 0 Å². The van der Waals surface area contributed by atoms with Gasteiger partial charge in [-0.05, 0) is 34.1 Å². The lowest BCUT2D eigenvalue weighted by atomic mass is 9.80. The van der Waals surface area contributed by atoms with Gasteiger partial charge in [-0.3, -0.25) is 0 Å². The molecule has 2 nitrogen and oxygen atoms in total. The van der Waals surface area contributed by atoms with E-state index in [1.54, 1.807) is 0 Å². The maximum absolute atomic E-state index is 4.15. The first kappa shape index (κ1) is 13.9. The van der Waals surface area contributed by atoms with Crippen molar-refractivity contribution in [2.24, 2.45) is 0 Å². The Hall–Kier alpha value is -1.57. The number of hydrogen-bond acceptors (Lipinski definition) is 1. The number of imidazole rings is 1. The fraction of sp³-hybridized carbons (Fsp3) is 0.471. The van der Waals surface area contributed by atoms with Crippen molar-refractivity contribution < 1.29 is 0 Å². The summed E-state index contributed by atoms with van der Waals surface area (Å²) < 4.78 is 2.07. The Balaban J connectivity index is 2.62. The highest BCUT2D eigenvalue weighted by Gasteiger charge is 2.20. The molecule has 1 heterocycles. The molecule has 102 valence electrons. The van der Waals surface area contributed by atoms with E-state index < -0.39 is 0 Å². The third-order valence-electron chi connectivity index (χ3n) is 3.45. The van der Waals surface area contributed by atoms with E-state index in [0.717, 1.165) is 0 Å². The van der Waals surface area contributed by atoms with Crippen LogP contribution in [0.15, 0.2) is 36.9 Å². The average molecular weight is 256 g/mol. The number of aromatic nitrogens is 2. The number of nitrogens with zero attached hydrogens (tertiary/aromatic N) is 2. The highest BCUT2D eigenvalue weighted by molar-refractivity contribution is 5.44. The molecule has 19 heavy (non-hydrogen) atoms. The molecule has 0 saturated carbocycles. The van der Waals surface area contributed by atoms with Crippen LogP contribution in [0, 0.1) is 0 Å². The molecule has 0 aliphatic rings. The number of benzene rings is 1. The van der Waals surface area contributed by atoms with Gasteiger partial charge in [0.1, 0.15) is 0 Å². The lowest BCUT2D eigenvalue weighted by Gasteiger charge is -2.26. The van der Waals surface area contributed by atoms with Crippen LogP contribution in [-0.4, -0.2) is 9.55 Å². The summed E-state index contributed by atoms with van der Waals surface area (Å²) in [5, 5.41) is 0. The van der Waals surface area contributed by atoms with E-state index in [1.807, 2.05) is 18.7 Å². The van der Waals surface area contributed by atoms with E-state index in [2.05, 4.69) is 69.3 Å². The first-order valence-corrected chi connectivity index (χ1v) is 6.82. The SMILES string of the molecule is CC(C)(C)c1cc(-n2ccnc2)cc(C(C)(C)C)c1. The van der Waals surface area contributed by atoms with Crippen LogP contribution in [-0.2, 0) is 10.8 Å². The van der Waals surface area contributed by atoms with E-state index >= 15 is 0 Å². The Morgan fingerprint density at radius 3 is 1.74 bits per heavy atom. The van der Waals surface area contributed by atoms with E-state index in [4.69, 9.17) is 0 Å². The molecule has 0 radical (unpaired) electrons. The molecule has 2 heteroatoms. The van der Waals surface area contributed by atoms with Crippen molar-refractivity contribution in [1.82, 2.24) is 9.55 Å². The normalized spacial score (nSPS) is 12.7. The fourth-order valence-electron chi connectivity index (χ4n) is 2.04. The highest BCUT2D eigenvalue weighted by Crippen LogP contribution is 2.31. The summed E-state index contributed by atoms with van der Waals surface area (Å²) >= 11 is 0. The van der Waals surface area contributed by atoms with Gasteiger partial charge in [0.2, 0.25) is 0 Å². The van der Waals surface area contributed by atoms with Gasteiger partial charge in [-0.15, -0.1) is 0 Å². The van der Waals surface area contributed by atoms with E-state index in [1.165, 1.54) is 16.8 Å². The average Bonchev–Trinajstić information content (AvgIpc) is 2.79. The Bertz CT molecular complexity index is 520. The van der Waals surface area contributed by atoms with Gasteiger partial charge >= 0.3 is 0 Å². The van der Waals surface area contributed by atoms with Gasteiger partial charge in [0.05, 0.1) is 6.33 Å². The van der Waals surface area contributed by atoms with E-state index in [0.29, 0.717) is 0 Å². The molecule has 2 aromatic rings. The zero-order chi connectivity index (χ0) is 14.3. The molecule has 0 amide bonds. The topological polar surface area (TPSA) is 17.8 Å². The summed E-state index contributed by atoms with van der Waals surface area (Å²) in [7, 11) is 0. The molecular weight excluding hydrogens is 232 g/mol. The predicted octanol–water partition coefficient (Wildman–Crippen LogP) is 4.47. The first-order valence-electron chi connectivity index (χ1n) is 6.82. The van der Waals surface area contributed by atoms with Gasteiger partial charge in [-0.1, -0.05) is 47.6 Å². The van der Waals surface area contributed by atoms with Crippen LogP contribution in [0.1, 0.15) is 52.7 Å². The second-order valence-electron chi connectivity index (χ2n) is 7.24. The third-order valence-corrected chi connectivity index (χ3v) is 3.45. The van der Waals surface area contributed by atoms with Gasteiger partial charge < -0.3 is 4.57 Å². The summed E-state index contributed by atoms with van der Waals surface area (Å²) in [4.78, 5) is 4.15. The summed E-state index contributed by atoms with van der Waals surface area (Å²) in [6.07, 6.45) is 5.67. The predicted molar refractivity (Wildman–Crippen MR) is 81.0 cm³/mol. The van der Waals surface area contributed by atoms with Crippen molar-refractivity contribution in [3.63, 3.8) is 0 Å². The first-order chi connectivity index (χ1) is 8.68. The quantitative estimate of drug-likeness (QED) is 0.736. The lowest BCUT2D eigenvalue weighted by molar-refractivity contribution is 0.567. The highest BCUT2D eigenvalue weighted by atomic mass is 15.0. The zero-order valence-electron chi connectivity index (χ0n) is 12.9. The molecule has 0 aliphatic carbocycles. The maximum Gasteiger partial charge on any atom is 0.0991 e. The summed E-state index contributed by atoms with van der Waals surface area (Å²) in [6.45, 7) is 13.5. The van der Waals surface area contributed by atoms with Crippen molar-refractivity contribution >= 4 is 0 Å². The smallest absolute Gasteiger partial charge is 0.0991 e. The molecule has 1 aromatic carbocycles. The number of hydrogen-bond donors (Lipinski definition) is 0. The molecule has 2 rings (SSSR count). The minimum atomic E-state index is 0.149. The molecule has 0 fully saturated rings. The van der Waals surface area contributed by atoms with Crippen molar-refractivity contribution in [3.8, 4) is 5.69 Å². The second kappa shape index (κ2) is 4.52. The molecule has 0 aliphatic heterocycles. The summed E-state index contributed by atoms with van der Waals surface area (Å²) in [6, 6.07) is 6.86. The summed E-state index contributed by atoms with van der Waals surface area (Å²) in [5.41, 5.74) is 4.22. The van der Waals surface area contributed by atoms with Gasteiger partial charge in [-0.25, -0.2) is 4.98 Å². The van der Waals surface area contributed by atoms with Crippen LogP contribution < -0.4 is 0 Å². The van der Waals surface area contributed by atoms with Crippen LogP contribution in [0.3, 0.4) is 0 Å². The van der Waals surface area contributed by atoms with E-state index in [9.17, 15) is 0 Å². The minimum Gasteiger partial charge on any atom is -0.306 e. The third kappa shape index (κ3) is 3.06. The maximum atomic E-state index is 4.15. The summed E-state index contributed by atoms with van der Waals surface area (Å²) in [5.74, 6) is 0. The lowest BCUT2D eigenvalue weighted by Crippen LogP contribution is -2.17. The molecule has 0 saturated heterocycles. The van der Waals surface area contributed by atoms with Crippen LogP contribution in [0.4, 0.5) is 0 Å². The van der Waals surface area contributed by atoms with Crippen LogP contribution in [0.25, 0.3) is 5.69 Å². The Kier molecular flexibility index (Phi) is 3.29. The fourth-order valence-corrected chi connectivity index (χ4v) is 2.04. The minimum absolute atomic E-state index is 0.149. The van der Waals surface area contributed by atoms with Crippen LogP contribution >= 0.6 is 0 Å². The van der Waals surface area contributed by atoms with E-state index in [-0.39, 0.29) is 10.8 Å². The molecular formula is C17H24N2. The van der Waals surface area contributed by atoms with Gasteiger partial charge in [0, 0.05) is 18.1 Å². The zero-order valence-corrected chi connectivity index (χ0v) is 12.9. The van der Waals surface area contributed by atoms with Crippen molar-refractivity contribution in [3.05, 3.63) is 48.0 Å². The molecule has 0 atom stereocenters. The molecule has 0 unspecified atom stereocenters. The van der Waals surface area contributed by atoms with Crippen molar-refractivity contribution in [1.29, 1.82) is 0 Å².